The minimum Gasteiger partial charge on any atom is -0.871 e. The molecule has 8 nitrogen and oxygen atoms in total. The molecule has 2 aromatic carbocycles. The van der Waals surface area contributed by atoms with E-state index in [4.69, 9.17) is 0 Å². The minimum atomic E-state index is -0.387. The van der Waals surface area contributed by atoms with Gasteiger partial charge in [-0.2, -0.15) is 0 Å². The summed E-state index contributed by atoms with van der Waals surface area (Å²) in [6.07, 6.45) is 0. The summed E-state index contributed by atoms with van der Waals surface area (Å²) < 4.78 is 2.32. The van der Waals surface area contributed by atoms with Crippen molar-refractivity contribution in [3.8, 4) is 0 Å². The van der Waals surface area contributed by atoms with Gasteiger partial charge in [-0.25, -0.2) is 4.58 Å². The molecule has 3 aliphatic rings. The number of fused-ring (bicyclic) bond motifs is 2. The number of carbonyl (C=O) groups is 3. The van der Waals surface area contributed by atoms with E-state index < -0.39 is 0 Å². The zero-order chi connectivity index (χ0) is 32.8. The molecule has 0 spiro atoms. The third kappa shape index (κ3) is 4.48. The number of nitrogens with one attached hydrogen (secondary N) is 2. The van der Waals surface area contributed by atoms with E-state index in [2.05, 4.69) is 89.3 Å². The van der Waals surface area contributed by atoms with E-state index >= 15 is 0 Å². The Morgan fingerprint density at radius 2 is 1.45 bits per heavy atom. The number of amides is 2. The van der Waals surface area contributed by atoms with Gasteiger partial charge in [0.25, 0.3) is 0 Å². The summed E-state index contributed by atoms with van der Waals surface area (Å²) in [4.78, 5) is 41.1. The summed E-state index contributed by atoms with van der Waals surface area (Å²) in [7, 11) is 0. The van der Waals surface area contributed by atoms with Crippen molar-refractivity contribution in [2.75, 3.05) is 15.5 Å². The van der Waals surface area contributed by atoms with Crippen LogP contribution in [-0.2, 0) is 25.2 Å². The smallest absolute Gasteiger partial charge is 0.221 e. The van der Waals surface area contributed by atoms with Gasteiger partial charge in [-0.15, -0.1) is 0 Å². The molecule has 2 unspecified atom stereocenters. The molecule has 2 N–H and O–H groups in total. The highest BCUT2D eigenvalue weighted by Crippen LogP contribution is 2.50. The van der Waals surface area contributed by atoms with Crippen LogP contribution in [0.5, 0.6) is 0 Å². The number of anilines is 3. The monoisotopic (exact) mass is 598 g/mol. The van der Waals surface area contributed by atoms with Crippen LogP contribution < -0.4 is 35.8 Å². The van der Waals surface area contributed by atoms with Crippen LogP contribution in [0, 0.1) is 0 Å². The fraction of sp³-hybridized carbons (Fsp3) is 0.500. The van der Waals surface area contributed by atoms with Crippen molar-refractivity contribution in [1.29, 1.82) is 0 Å². The molecule has 2 amide bonds. The molecule has 234 valence electrons. The summed E-state index contributed by atoms with van der Waals surface area (Å²) in [5.74, 6) is -1.34. The quantitative estimate of drug-likeness (QED) is 0.512. The average molecular weight is 599 g/mol. The maximum Gasteiger partial charge on any atom is 0.221 e. The number of allylic oxidation sites excluding steroid dienone is 2. The number of Topliss-reactive ketones (excluding diaryl/α,β-unsaturated/α-hetero) is 1. The van der Waals surface area contributed by atoms with Gasteiger partial charge < -0.3 is 20.6 Å². The number of nitrogens with zero attached hydrogens (tertiary/aromatic N) is 2. The molecule has 0 saturated heterocycles. The Kier molecular flexibility index (Phi) is 7.38. The largest absolute Gasteiger partial charge is 0.871 e. The van der Waals surface area contributed by atoms with E-state index in [1.165, 1.54) is 13.8 Å². The topological polar surface area (TPSA) is 105 Å². The summed E-state index contributed by atoms with van der Waals surface area (Å²) in [5, 5.41) is 21.3. The molecule has 2 heterocycles. The molecular weight excluding hydrogens is 552 g/mol. The highest BCUT2D eigenvalue weighted by Gasteiger charge is 2.47. The Balaban J connectivity index is 1.81. The molecule has 0 bridgehead atoms. The molecule has 5 rings (SSSR count). The van der Waals surface area contributed by atoms with Crippen molar-refractivity contribution in [2.45, 2.75) is 118 Å². The average Bonchev–Trinajstić information content (AvgIpc) is 3.21. The Labute approximate surface area is 260 Å². The lowest BCUT2D eigenvalue weighted by atomic mass is 9.76. The second kappa shape index (κ2) is 10.3. The molecule has 0 fully saturated rings. The van der Waals surface area contributed by atoms with Gasteiger partial charge in [0.2, 0.25) is 17.2 Å². The van der Waals surface area contributed by atoms with Gasteiger partial charge in [0.15, 0.2) is 11.8 Å². The first-order chi connectivity index (χ1) is 20.3. The summed E-state index contributed by atoms with van der Waals surface area (Å²) in [5.41, 5.74) is 3.99. The molecule has 0 aromatic heterocycles. The van der Waals surface area contributed by atoms with Gasteiger partial charge in [-0.05, 0) is 79.2 Å². The second-order valence-corrected chi connectivity index (χ2v) is 14.4. The Hall–Kier alpha value is -3.94. The second-order valence-electron chi connectivity index (χ2n) is 14.4. The SMILES string of the molecule is CC(=O)Nc1cc2c(cc1C1=C([O-])/C(=c3/cc4c(cc3NC(C)=O)=[N+](C(C)C)C(C)C4(C)C)C1=O)C(C)(C)C(C)N2C(C)C. The maximum atomic E-state index is 14.1. The molecule has 2 aliphatic heterocycles. The molecule has 44 heavy (non-hydrogen) atoms. The van der Waals surface area contributed by atoms with E-state index in [9.17, 15) is 19.5 Å². The zero-order valence-electron chi connectivity index (χ0n) is 28.1. The van der Waals surface area contributed by atoms with Crippen LogP contribution in [0.1, 0.15) is 99.8 Å². The van der Waals surface area contributed by atoms with Gasteiger partial charge in [-0.3, -0.25) is 14.4 Å². The van der Waals surface area contributed by atoms with Crippen molar-refractivity contribution in [3.63, 3.8) is 0 Å². The fourth-order valence-corrected chi connectivity index (χ4v) is 7.53. The lowest BCUT2D eigenvalue weighted by Gasteiger charge is -2.34. The summed E-state index contributed by atoms with van der Waals surface area (Å²) >= 11 is 0. The van der Waals surface area contributed by atoms with Crippen LogP contribution >= 0.6 is 0 Å². The van der Waals surface area contributed by atoms with Gasteiger partial charge in [-0.1, -0.05) is 19.6 Å². The fourth-order valence-electron chi connectivity index (χ4n) is 7.53. The van der Waals surface area contributed by atoms with Crippen LogP contribution in [0.4, 0.5) is 17.1 Å². The maximum absolute atomic E-state index is 14.1. The Morgan fingerprint density at radius 3 is 1.98 bits per heavy atom. The van der Waals surface area contributed by atoms with Gasteiger partial charge in [0.05, 0.1) is 16.8 Å². The van der Waals surface area contributed by atoms with E-state index in [1.807, 2.05) is 24.3 Å². The van der Waals surface area contributed by atoms with Crippen LogP contribution in [0.25, 0.3) is 11.1 Å². The Bertz CT molecular complexity index is 1790. The molecular formula is C36H46N4O4. The van der Waals surface area contributed by atoms with Crippen molar-refractivity contribution in [1.82, 2.24) is 4.58 Å². The lowest BCUT2D eigenvalue weighted by molar-refractivity contribution is -0.292. The third-order valence-electron chi connectivity index (χ3n) is 10.3. The minimum absolute atomic E-state index is 0.0590. The number of hydrogen-bond donors (Lipinski definition) is 2. The standard InChI is InChI=1S/C36H46N4O4/c1-17(2)39-19(5)35(9,10)25-13-23(27(15-29(25)39)37-21(7)41)31-33(43)32(34(31)44)24-14-26-30(16-28(24)38-22(8)42)40(18(3)4)20(6)36(26,11)12/h13-20H,1-12H3,(H2,37,38,41,42,43,44). The number of rotatable bonds is 5. The van der Waals surface area contributed by atoms with Crippen molar-refractivity contribution in [3.05, 3.63) is 57.3 Å². The Morgan fingerprint density at radius 1 is 0.864 bits per heavy atom. The number of carbonyl (C=O) groups excluding carboxylic acids is 3. The number of ketones is 1. The van der Waals surface area contributed by atoms with Gasteiger partial charge >= 0.3 is 0 Å². The molecule has 8 heteroatoms. The first kappa shape index (κ1) is 31.5. The van der Waals surface area contributed by atoms with Crippen molar-refractivity contribution in [2.24, 2.45) is 0 Å². The number of benzene rings is 2. The molecule has 2 aromatic rings. The van der Waals surface area contributed by atoms with Crippen LogP contribution in [-0.4, -0.2) is 41.8 Å². The van der Waals surface area contributed by atoms with E-state index in [0.29, 0.717) is 22.2 Å². The van der Waals surface area contributed by atoms with E-state index in [-0.39, 0.29) is 69.5 Å². The lowest BCUT2D eigenvalue weighted by Crippen LogP contribution is -2.42. The van der Waals surface area contributed by atoms with Crippen LogP contribution in [0.3, 0.4) is 0 Å². The highest BCUT2D eigenvalue weighted by atomic mass is 16.3. The highest BCUT2D eigenvalue weighted by molar-refractivity contribution is 6.52. The molecule has 1 aliphatic carbocycles. The predicted octanol–water partition coefficient (Wildman–Crippen LogP) is 3.58. The predicted molar refractivity (Wildman–Crippen MR) is 175 cm³/mol. The summed E-state index contributed by atoms with van der Waals surface area (Å²) in [6, 6.07) is 8.42. The first-order valence-electron chi connectivity index (χ1n) is 15.6. The summed E-state index contributed by atoms with van der Waals surface area (Å²) in [6.45, 7) is 24.4. The first-order valence-corrected chi connectivity index (χ1v) is 15.6. The van der Waals surface area contributed by atoms with Crippen LogP contribution in [0.2, 0.25) is 0 Å². The van der Waals surface area contributed by atoms with Gasteiger partial charge in [0, 0.05) is 70.6 Å². The molecule has 0 radical (unpaired) electrons. The van der Waals surface area contributed by atoms with E-state index in [1.54, 1.807) is 0 Å². The normalized spacial score (nSPS) is 22.8. The molecule has 0 saturated carbocycles. The van der Waals surface area contributed by atoms with Crippen molar-refractivity contribution < 1.29 is 19.5 Å². The molecule has 2 atom stereocenters. The van der Waals surface area contributed by atoms with Gasteiger partial charge in [0.1, 0.15) is 6.04 Å². The number of hydrogen-bond acceptors (Lipinski definition) is 5. The third-order valence-corrected chi connectivity index (χ3v) is 10.3. The van der Waals surface area contributed by atoms with E-state index in [0.717, 1.165) is 22.2 Å². The zero-order valence-corrected chi connectivity index (χ0v) is 28.1. The van der Waals surface area contributed by atoms with Crippen LogP contribution in [0.15, 0.2) is 30.0 Å². The van der Waals surface area contributed by atoms with Crippen molar-refractivity contribution >= 4 is 45.8 Å².